The van der Waals surface area contributed by atoms with Crippen molar-refractivity contribution in [1.29, 1.82) is 0 Å². The van der Waals surface area contributed by atoms with Crippen LogP contribution >= 0.6 is 0 Å². The Hall–Kier alpha value is -1.43. The van der Waals surface area contributed by atoms with Crippen molar-refractivity contribution in [3.05, 3.63) is 29.8 Å². The molecule has 1 amide bonds. The number of hydrogen-bond donors (Lipinski definition) is 3. The molecule has 5 heteroatoms. The van der Waals surface area contributed by atoms with Crippen LogP contribution in [0.15, 0.2) is 24.3 Å². The fourth-order valence-electron chi connectivity index (χ4n) is 6.45. The Bertz CT molecular complexity index is 755. The van der Waals surface area contributed by atoms with Gasteiger partial charge in [0.25, 0.3) is 0 Å². The van der Waals surface area contributed by atoms with E-state index in [0.29, 0.717) is 6.42 Å². The molecule has 0 fully saturated rings. The second-order valence-corrected chi connectivity index (χ2v) is 13.9. The molecule has 1 rings (SSSR count). The van der Waals surface area contributed by atoms with Crippen LogP contribution in [0.3, 0.4) is 0 Å². The van der Waals surface area contributed by atoms with Crippen LogP contribution in [0.25, 0.3) is 0 Å². The van der Waals surface area contributed by atoms with E-state index in [1.807, 2.05) is 24.3 Å². The molecule has 46 heavy (non-hydrogen) atoms. The van der Waals surface area contributed by atoms with Gasteiger partial charge >= 0.3 is 0 Å². The maximum absolute atomic E-state index is 13.4. The molecule has 0 spiro atoms. The van der Waals surface area contributed by atoms with E-state index in [1.165, 1.54) is 141 Å². The van der Waals surface area contributed by atoms with Gasteiger partial charge in [-0.05, 0) is 30.5 Å². The fourth-order valence-corrected chi connectivity index (χ4v) is 6.45. The van der Waals surface area contributed by atoms with Crippen LogP contribution < -0.4 is 5.32 Å². The average molecular weight is 646 g/mol. The predicted octanol–water partition coefficient (Wildman–Crippen LogP) is 11.3. The van der Waals surface area contributed by atoms with E-state index in [4.69, 9.17) is 9.84 Å². The van der Waals surface area contributed by atoms with Gasteiger partial charge < -0.3 is 20.3 Å². The van der Waals surface area contributed by atoms with Gasteiger partial charge in [0.2, 0.25) is 5.91 Å². The molecule has 0 saturated carbocycles. The van der Waals surface area contributed by atoms with Crippen LogP contribution in [0.4, 0.5) is 5.69 Å². The summed E-state index contributed by atoms with van der Waals surface area (Å²) in [6, 6.07) is 7.82. The van der Waals surface area contributed by atoms with Gasteiger partial charge in [-0.15, -0.1) is 0 Å². The number of carbonyl (C=O) groups is 1. The minimum absolute atomic E-state index is 0.0409. The van der Waals surface area contributed by atoms with Crippen LogP contribution in [0.1, 0.15) is 186 Å². The van der Waals surface area contributed by atoms with Gasteiger partial charge in [0, 0.05) is 18.0 Å². The van der Waals surface area contributed by atoms with Gasteiger partial charge in [0.15, 0.2) is 0 Å². The minimum Gasteiger partial charge on any atom is -0.394 e. The fraction of sp³-hybridized carbons (Fsp3) is 0.829. The summed E-state index contributed by atoms with van der Waals surface area (Å²) in [5.41, 5.74) is 1.83. The van der Waals surface area contributed by atoms with Crippen molar-refractivity contribution < 1.29 is 19.7 Å². The number of unbranched alkanes of at least 4 members (excludes halogenated alkanes) is 22. The summed E-state index contributed by atoms with van der Waals surface area (Å²) in [5, 5.41) is 22.2. The summed E-state index contributed by atoms with van der Waals surface area (Å²) in [5.74, 6) is 0.243. The molecule has 1 unspecified atom stereocenters. The maximum atomic E-state index is 13.4. The lowest BCUT2D eigenvalue weighted by Gasteiger charge is -2.17. The second-order valence-electron chi connectivity index (χ2n) is 13.9. The van der Waals surface area contributed by atoms with Crippen LogP contribution in [0.5, 0.6) is 0 Å². The zero-order valence-corrected chi connectivity index (χ0v) is 30.4. The lowest BCUT2D eigenvalue weighted by molar-refractivity contribution is -0.120. The predicted molar refractivity (Wildman–Crippen MR) is 198 cm³/mol. The number of rotatable bonds is 34. The van der Waals surface area contributed by atoms with E-state index in [9.17, 15) is 9.90 Å². The number of carbonyl (C=O) groups excluding carboxylic acids is 1. The molecule has 1 atom stereocenters. The molecule has 1 aromatic carbocycles. The summed E-state index contributed by atoms with van der Waals surface area (Å²) >= 11 is 0. The van der Waals surface area contributed by atoms with E-state index in [2.05, 4.69) is 19.2 Å². The molecule has 268 valence electrons. The number of amides is 1. The Morgan fingerprint density at radius 2 is 1.02 bits per heavy atom. The molecule has 3 N–H and O–H groups in total. The number of nitrogens with one attached hydrogen (secondary N) is 1. The van der Waals surface area contributed by atoms with Crippen LogP contribution in [0.2, 0.25) is 0 Å². The first-order chi connectivity index (χ1) is 22.6. The Kier molecular flexibility index (Phi) is 29.8. The Morgan fingerprint density at radius 1 is 0.630 bits per heavy atom. The van der Waals surface area contributed by atoms with Gasteiger partial charge in [0.05, 0.1) is 25.9 Å². The molecule has 0 aromatic heterocycles. The molecule has 0 radical (unpaired) electrons. The zero-order chi connectivity index (χ0) is 33.3. The van der Waals surface area contributed by atoms with Crippen molar-refractivity contribution in [2.24, 2.45) is 5.92 Å². The third-order valence-corrected chi connectivity index (χ3v) is 9.42. The number of ether oxygens (including phenoxy) is 1. The van der Waals surface area contributed by atoms with Crippen molar-refractivity contribution in [2.75, 3.05) is 25.1 Å². The molecule has 0 saturated heterocycles. The number of anilines is 1. The van der Waals surface area contributed by atoms with E-state index in [1.54, 1.807) is 0 Å². The second kappa shape index (κ2) is 32.1. The SMILES string of the molecule is CCCCCCCCCCCCCCC(CCCCCCCCCCCCCC)C(=O)Nc1ccc(CC(O)COCCO)cc1. The first-order valence-electron chi connectivity index (χ1n) is 19.9. The quantitative estimate of drug-likeness (QED) is 0.0652. The third kappa shape index (κ3) is 25.6. The van der Waals surface area contributed by atoms with Crippen molar-refractivity contribution in [1.82, 2.24) is 0 Å². The number of benzene rings is 1. The lowest BCUT2D eigenvalue weighted by Crippen LogP contribution is -2.23. The van der Waals surface area contributed by atoms with Gasteiger partial charge in [0.1, 0.15) is 0 Å². The van der Waals surface area contributed by atoms with E-state index in [-0.39, 0.29) is 31.6 Å². The average Bonchev–Trinajstić information content (AvgIpc) is 3.05. The highest BCUT2D eigenvalue weighted by Crippen LogP contribution is 2.22. The molecule has 0 aliphatic heterocycles. The number of aliphatic hydroxyl groups excluding tert-OH is 2. The topological polar surface area (TPSA) is 78.8 Å². The molecule has 5 nitrogen and oxygen atoms in total. The first-order valence-corrected chi connectivity index (χ1v) is 19.9. The van der Waals surface area contributed by atoms with Crippen molar-refractivity contribution in [3.63, 3.8) is 0 Å². The molecule has 0 aliphatic rings. The first kappa shape index (κ1) is 42.6. The summed E-state index contributed by atoms with van der Waals surface area (Å²) in [6.07, 6.45) is 34.0. The molecule has 0 bridgehead atoms. The van der Waals surface area contributed by atoms with Crippen LogP contribution in [-0.2, 0) is 16.0 Å². The van der Waals surface area contributed by atoms with Gasteiger partial charge in [-0.2, -0.15) is 0 Å². The lowest BCUT2D eigenvalue weighted by atomic mass is 9.93. The summed E-state index contributed by atoms with van der Waals surface area (Å²) in [7, 11) is 0. The minimum atomic E-state index is -0.609. The van der Waals surface area contributed by atoms with Gasteiger partial charge in [-0.1, -0.05) is 180 Å². The summed E-state index contributed by atoms with van der Waals surface area (Å²) < 4.78 is 5.23. The van der Waals surface area contributed by atoms with Crippen LogP contribution in [0, 0.1) is 5.92 Å². The van der Waals surface area contributed by atoms with Crippen molar-refractivity contribution >= 4 is 11.6 Å². The normalized spacial score (nSPS) is 12.2. The zero-order valence-electron chi connectivity index (χ0n) is 30.4. The Balaban J connectivity index is 2.40. The molecule has 0 heterocycles. The van der Waals surface area contributed by atoms with Crippen LogP contribution in [-0.4, -0.2) is 42.0 Å². The molecular formula is C41H75NO4. The van der Waals surface area contributed by atoms with E-state index < -0.39 is 6.10 Å². The smallest absolute Gasteiger partial charge is 0.227 e. The highest BCUT2D eigenvalue weighted by atomic mass is 16.5. The van der Waals surface area contributed by atoms with E-state index >= 15 is 0 Å². The van der Waals surface area contributed by atoms with Crippen molar-refractivity contribution in [3.8, 4) is 0 Å². The Labute approximate surface area is 285 Å². The van der Waals surface area contributed by atoms with Gasteiger partial charge in [-0.3, -0.25) is 4.79 Å². The summed E-state index contributed by atoms with van der Waals surface area (Å²) in [6.45, 7) is 4.96. The number of hydrogen-bond acceptors (Lipinski definition) is 4. The summed E-state index contributed by atoms with van der Waals surface area (Å²) in [4.78, 5) is 13.4. The highest BCUT2D eigenvalue weighted by molar-refractivity contribution is 5.92. The third-order valence-electron chi connectivity index (χ3n) is 9.42. The maximum Gasteiger partial charge on any atom is 0.227 e. The molecular weight excluding hydrogens is 570 g/mol. The van der Waals surface area contributed by atoms with E-state index in [0.717, 1.165) is 36.9 Å². The Morgan fingerprint density at radius 3 is 1.41 bits per heavy atom. The van der Waals surface area contributed by atoms with Gasteiger partial charge in [-0.25, -0.2) is 0 Å². The standard InChI is InChI=1S/C41H75NO4/c1-3-5-7-9-11-13-15-17-19-21-23-25-27-38(28-26-24-22-20-18-16-14-12-10-8-6-4-2)41(45)42-39-31-29-37(30-32-39)35-40(44)36-46-34-33-43/h29-32,38,40,43-44H,3-28,33-36H2,1-2H3,(H,42,45). The highest BCUT2D eigenvalue weighted by Gasteiger charge is 2.18. The number of aliphatic hydroxyl groups is 2. The molecule has 1 aromatic rings. The van der Waals surface area contributed by atoms with Crippen molar-refractivity contribution in [2.45, 2.75) is 193 Å². The monoisotopic (exact) mass is 646 g/mol. The largest absolute Gasteiger partial charge is 0.394 e. The molecule has 0 aliphatic carbocycles.